The van der Waals surface area contributed by atoms with E-state index >= 15 is 0 Å². The van der Waals surface area contributed by atoms with Crippen LogP contribution in [0.25, 0.3) is 0 Å². The second-order valence-electron chi connectivity index (χ2n) is 5.70. The van der Waals surface area contributed by atoms with Crippen LogP contribution in [0.15, 0.2) is 23.1 Å². The lowest BCUT2D eigenvalue weighted by Crippen LogP contribution is -2.35. The number of aromatic carboxylic acids is 1. The first-order valence-corrected chi connectivity index (χ1v) is 8.38. The average Bonchev–Trinajstić information content (AvgIpc) is 3.28. The van der Waals surface area contributed by atoms with Crippen molar-refractivity contribution in [1.82, 2.24) is 4.31 Å². The number of hydrogen-bond acceptors (Lipinski definition) is 3. The van der Waals surface area contributed by atoms with E-state index in [0.29, 0.717) is 12.5 Å². The van der Waals surface area contributed by atoms with Gasteiger partial charge in [-0.25, -0.2) is 17.6 Å². The highest BCUT2D eigenvalue weighted by atomic mass is 32.2. The number of carboxylic acid groups (broad SMARTS) is 1. The van der Waals surface area contributed by atoms with Gasteiger partial charge in [0, 0.05) is 12.6 Å². The third-order valence-corrected chi connectivity index (χ3v) is 5.79. The van der Waals surface area contributed by atoms with Gasteiger partial charge in [0.05, 0.1) is 5.56 Å². The van der Waals surface area contributed by atoms with Gasteiger partial charge in [0.2, 0.25) is 10.0 Å². The molecule has 0 unspecified atom stereocenters. The molecule has 0 radical (unpaired) electrons. The molecule has 21 heavy (non-hydrogen) atoms. The molecule has 0 amide bonds. The molecule has 2 aliphatic carbocycles. The molecule has 0 saturated heterocycles. The summed E-state index contributed by atoms with van der Waals surface area (Å²) in [6.07, 6.45) is 3.56. The first-order valence-electron chi connectivity index (χ1n) is 6.94. The molecule has 1 N–H and O–H groups in total. The fourth-order valence-electron chi connectivity index (χ4n) is 2.32. The maximum atomic E-state index is 13.9. The quantitative estimate of drug-likeness (QED) is 0.872. The zero-order valence-corrected chi connectivity index (χ0v) is 12.1. The van der Waals surface area contributed by atoms with Gasteiger partial charge >= 0.3 is 5.97 Å². The van der Waals surface area contributed by atoms with E-state index in [9.17, 15) is 17.6 Å². The molecule has 1 aromatic rings. The molecule has 0 atom stereocenters. The molecule has 0 aromatic heterocycles. The monoisotopic (exact) mass is 313 g/mol. The lowest BCUT2D eigenvalue weighted by atomic mass is 10.2. The van der Waals surface area contributed by atoms with Crippen LogP contribution < -0.4 is 0 Å². The van der Waals surface area contributed by atoms with Crippen LogP contribution in [0.4, 0.5) is 4.39 Å². The maximum absolute atomic E-state index is 13.9. The zero-order valence-electron chi connectivity index (χ0n) is 11.3. The normalized spacial score (nSPS) is 19.0. The minimum Gasteiger partial charge on any atom is -0.478 e. The lowest BCUT2D eigenvalue weighted by Gasteiger charge is -2.22. The summed E-state index contributed by atoms with van der Waals surface area (Å²) in [6, 6.07) is 2.82. The molecule has 2 aliphatic rings. The van der Waals surface area contributed by atoms with Gasteiger partial charge in [0.1, 0.15) is 10.7 Å². The Hall–Kier alpha value is -1.47. The van der Waals surface area contributed by atoms with E-state index < -0.39 is 26.7 Å². The van der Waals surface area contributed by atoms with E-state index in [4.69, 9.17) is 5.11 Å². The largest absolute Gasteiger partial charge is 0.478 e. The summed E-state index contributed by atoms with van der Waals surface area (Å²) in [5.41, 5.74) is -0.225. The number of nitrogens with zero attached hydrogens (tertiary/aromatic N) is 1. The Morgan fingerprint density at radius 3 is 2.48 bits per heavy atom. The van der Waals surface area contributed by atoms with Crippen molar-refractivity contribution in [1.29, 1.82) is 0 Å². The van der Waals surface area contributed by atoms with Gasteiger partial charge in [0.15, 0.2) is 0 Å². The Labute approximate surface area is 122 Å². The summed E-state index contributed by atoms with van der Waals surface area (Å²) in [7, 11) is -3.98. The maximum Gasteiger partial charge on any atom is 0.335 e. The van der Waals surface area contributed by atoms with Crippen molar-refractivity contribution in [3.8, 4) is 0 Å². The summed E-state index contributed by atoms with van der Waals surface area (Å²) < 4.78 is 40.6. The van der Waals surface area contributed by atoms with Gasteiger partial charge in [0.25, 0.3) is 0 Å². The molecule has 0 bridgehead atoms. The Bertz CT molecular complexity index is 680. The van der Waals surface area contributed by atoms with Crippen LogP contribution in [-0.2, 0) is 10.0 Å². The summed E-state index contributed by atoms with van der Waals surface area (Å²) in [5, 5.41) is 8.95. The van der Waals surface area contributed by atoms with Crippen molar-refractivity contribution < 1.29 is 22.7 Å². The molecule has 114 valence electrons. The number of benzene rings is 1. The molecule has 0 aliphatic heterocycles. The second-order valence-corrected chi connectivity index (χ2v) is 7.56. The fourth-order valence-corrected chi connectivity index (χ4v) is 4.17. The van der Waals surface area contributed by atoms with Crippen LogP contribution in [-0.4, -0.2) is 36.4 Å². The molecule has 5 nitrogen and oxygen atoms in total. The fraction of sp³-hybridized carbons (Fsp3) is 0.500. The number of rotatable bonds is 6. The molecular formula is C14H16FNO4S. The third kappa shape index (κ3) is 2.94. The van der Waals surface area contributed by atoms with Crippen LogP contribution in [0.1, 0.15) is 36.0 Å². The Morgan fingerprint density at radius 1 is 1.29 bits per heavy atom. The lowest BCUT2D eigenvalue weighted by molar-refractivity contribution is 0.0696. The standard InChI is InChI=1S/C14H16FNO4S/c15-12-6-3-10(14(17)18)7-13(12)21(19,20)16(11-4-5-11)8-9-1-2-9/h3,6-7,9,11H,1-2,4-5,8H2,(H,17,18). The van der Waals surface area contributed by atoms with E-state index in [1.165, 1.54) is 4.31 Å². The molecule has 0 heterocycles. The Kier molecular flexibility index (Phi) is 3.49. The SMILES string of the molecule is O=C(O)c1ccc(F)c(S(=O)(=O)N(CC2CC2)C2CC2)c1. The van der Waals surface area contributed by atoms with Crippen LogP contribution >= 0.6 is 0 Å². The predicted molar refractivity (Wildman–Crippen MR) is 73.0 cm³/mol. The summed E-state index contributed by atoms with van der Waals surface area (Å²) in [5.74, 6) is -1.82. The number of hydrogen-bond donors (Lipinski definition) is 1. The van der Waals surface area contributed by atoms with E-state index in [0.717, 1.165) is 43.9 Å². The second kappa shape index (κ2) is 5.06. The van der Waals surface area contributed by atoms with Crippen molar-refractivity contribution in [2.24, 2.45) is 5.92 Å². The van der Waals surface area contributed by atoms with Crippen molar-refractivity contribution in [2.45, 2.75) is 36.6 Å². The van der Waals surface area contributed by atoms with E-state index in [1.54, 1.807) is 0 Å². The highest BCUT2D eigenvalue weighted by molar-refractivity contribution is 7.89. The highest BCUT2D eigenvalue weighted by Crippen LogP contribution is 2.38. The van der Waals surface area contributed by atoms with E-state index in [1.807, 2.05) is 0 Å². The van der Waals surface area contributed by atoms with Gasteiger partial charge in [-0.2, -0.15) is 4.31 Å². The molecule has 0 spiro atoms. The molecular weight excluding hydrogens is 297 g/mol. The van der Waals surface area contributed by atoms with Crippen LogP contribution in [0.2, 0.25) is 0 Å². The Morgan fingerprint density at radius 2 is 1.95 bits per heavy atom. The highest BCUT2D eigenvalue weighted by Gasteiger charge is 2.42. The zero-order chi connectivity index (χ0) is 15.2. The minimum absolute atomic E-state index is 0.0662. The number of halogens is 1. The summed E-state index contributed by atoms with van der Waals surface area (Å²) in [6.45, 7) is 0.406. The number of sulfonamides is 1. The molecule has 1 aromatic carbocycles. The molecule has 2 saturated carbocycles. The predicted octanol–water partition coefficient (Wildman–Crippen LogP) is 2.09. The first-order chi connectivity index (χ1) is 9.89. The van der Waals surface area contributed by atoms with Crippen molar-refractivity contribution in [3.63, 3.8) is 0 Å². The van der Waals surface area contributed by atoms with Crippen LogP contribution in [0.3, 0.4) is 0 Å². The minimum atomic E-state index is -3.98. The number of carboxylic acids is 1. The Balaban J connectivity index is 1.99. The molecule has 7 heteroatoms. The molecule has 3 rings (SSSR count). The van der Waals surface area contributed by atoms with Crippen molar-refractivity contribution >= 4 is 16.0 Å². The van der Waals surface area contributed by atoms with Crippen LogP contribution in [0.5, 0.6) is 0 Å². The van der Waals surface area contributed by atoms with Gasteiger partial charge in [-0.05, 0) is 49.8 Å². The van der Waals surface area contributed by atoms with E-state index in [2.05, 4.69) is 0 Å². The first kappa shape index (κ1) is 14.5. The summed E-state index contributed by atoms with van der Waals surface area (Å²) in [4.78, 5) is 10.4. The van der Waals surface area contributed by atoms with Gasteiger partial charge in [-0.1, -0.05) is 0 Å². The smallest absolute Gasteiger partial charge is 0.335 e. The van der Waals surface area contributed by atoms with Gasteiger partial charge in [-0.15, -0.1) is 0 Å². The number of carbonyl (C=O) groups is 1. The third-order valence-electron chi connectivity index (χ3n) is 3.85. The van der Waals surface area contributed by atoms with Crippen molar-refractivity contribution in [2.75, 3.05) is 6.54 Å². The van der Waals surface area contributed by atoms with Gasteiger partial charge in [-0.3, -0.25) is 0 Å². The molecule has 2 fully saturated rings. The van der Waals surface area contributed by atoms with E-state index in [-0.39, 0.29) is 11.6 Å². The summed E-state index contributed by atoms with van der Waals surface area (Å²) >= 11 is 0. The van der Waals surface area contributed by atoms with Crippen LogP contribution in [0, 0.1) is 11.7 Å². The average molecular weight is 313 g/mol. The van der Waals surface area contributed by atoms with Gasteiger partial charge < -0.3 is 5.11 Å². The van der Waals surface area contributed by atoms with Crippen molar-refractivity contribution in [3.05, 3.63) is 29.6 Å². The topological polar surface area (TPSA) is 74.7 Å².